The van der Waals surface area contributed by atoms with E-state index in [1.165, 1.54) is 0 Å². The fourth-order valence-electron chi connectivity index (χ4n) is 3.25. The van der Waals surface area contributed by atoms with Gasteiger partial charge in [-0.1, -0.05) is 11.6 Å². The minimum Gasteiger partial charge on any atom is -0.373 e. The van der Waals surface area contributed by atoms with E-state index in [0.29, 0.717) is 16.3 Å². The van der Waals surface area contributed by atoms with Gasteiger partial charge in [-0.25, -0.2) is 0 Å². The van der Waals surface area contributed by atoms with Crippen molar-refractivity contribution < 1.29 is 4.79 Å². The van der Waals surface area contributed by atoms with Gasteiger partial charge in [-0.3, -0.25) is 9.59 Å². The van der Waals surface area contributed by atoms with Crippen molar-refractivity contribution in [1.82, 2.24) is 9.55 Å². The van der Waals surface area contributed by atoms with E-state index in [2.05, 4.69) is 28.7 Å². The van der Waals surface area contributed by atoms with Crippen molar-refractivity contribution in [1.29, 1.82) is 0 Å². The Balaban J connectivity index is 1.93. The van der Waals surface area contributed by atoms with Gasteiger partial charge in [-0.05, 0) is 57.5 Å². The van der Waals surface area contributed by atoms with Crippen molar-refractivity contribution in [3.8, 4) is 0 Å². The number of ketones is 1. The van der Waals surface area contributed by atoms with Gasteiger partial charge in [-0.15, -0.1) is 0 Å². The van der Waals surface area contributed by atoms with Crippen LogP contribution in [0.25, 0.3) is 10.9 Å². The standard InChI is InChI=1S/C20H22ClN3O2/c1-11(2)24-6-5-15-16(8-14(21)9-17(15)24)18(25)10-22-19-12(3)7-13(4)23-20(19)26/h5-9,11,22H,10H2,1-4H3,(H,23,26). The number of anilines is 1. The highest BCUT2D eigenvalue weighted by Crippen LogP contribution is 2.28. The van der Waals surface area contributed by atoms with Crippen LogP contribution in [-0.4, -0.2) is 21.9 Å². The first-order valence-electron chi connectivity index (χ1n) is 8.55. The number of halogens is 1. The fourth-order valence-corrected chi connectivity index (χ4v) is 3.46. The molecule has 0 radical (unpaired) electrons. The number of nitrogens with zero attached hydrogens (tertiary/aromatic N) is 1. The first-order valence-corrected chi connectivity index (χ1v) is 8.93. The van der Waals surface area contributed by atoms with Crippen molar-refractivity contribution in [3.63, 3.8) is 0 Å². The summed E-state index contributed by atoms with van der Waals surface area (Å²) in [6.07, 6.45) is 1.96. The van der Waals surface area contributed by atoms with Crippen molar-refractivity contribution in [3.05, 3.63) is 62.7 Å². The maximum absolute atomic E-state index is 12.8. The number of fused-ring (bicyclic) bond motifs is 1. The third-order valence-electron chi connectivity index (χ3n) is 4.45. The topological polar surface area (TPSA) is 66.9 Å². The highest BCUT2D eigenvalue weighted by molar-refractivity contribution is 6.32. The Labute approximate surface area is 157 Å². The highest BCUT2D eigenvalue weighted by atomic mass is 35.5. The van der Waals surface area contributed by atoms with E-state index in [0.717, 1.165) is 22.2 Å². The quantitative estimate of drug-likeness (QED) is 0.650. The van der Waals surface area contributed by atoms with Crippen LogP contribution in [0.1, 0.15) is 41.5 Å². The van der Waals surface area contributed by atoms with Gasteiger partial charge in [0.05, 0.1) is 12.1 Å². The second-order valence-corrected chi connectivity index (χ2v) is 7.26. The van der Waals surface area contributed by atoms with Gasteiger partial charge >= 0.3 is 0 Å². The number of aromatic nitrogens is 2. The van der Waals surface area contributed by atoms with Crippen LogP contribution in [0.2, 0.25) is 5.02 Å². The molecule has 3 aromatic rings. The van der Waals surface area contributed by atoms with Gasteiger partial charge in [0, 0.05) is 33.9 Å². The smallest absolute Gasteiger partial charge is 0.271 e. The molecule has 26 heavy (non-hydrogen) atoms. The molecule has 1 aromatic carbocycles. The zero-order chi connectivity index (χ0) is 19.0. The van der Waals surface area contributed by atoms with Crippen LogP contribution >= 0.6 is 11.6 Å². The molecule has 0 amide bonds. The summed E-state index contributed by atoms with van der Waals surface area (Å²) in [6.45, 7) is 7.85. The van der Waals surface area contributed by atoms with Crippen LogP contribution < -0.4 is 10.9 Å². The third-order valence-corrected chi connectivity index (χ3v) is 4.67. The summed E-state index contributed by atoms with van der Waals surface area (Å²) in [6, 6.07) is 7.62. The Kier molecular flexibility index (Phi) is 4.92. The van der Waals surface area contributed by atoms with E-state index < -0.39 is 0 Å². The second kappa shape index (κ2) is 7.00. The molecule has 3 rings (SSSR count). The molecule has 0 bridgehead atoms. The third kappa shape index (κ3) is 3.40. The molecule has 0 aliphatic rings. The predicted molar refractivity (Wildman–Crippen MR) is 107 cm³/mol. The number of rotatable bonds is 5. The number of H-pyrrole nitrogens is 1. The summed E-state index contributed by atoms with van der Waals surface area (Å²) in [4.78, 5) is 27.7. The van der Waals surface area contributed by atoms with Crippen molar-refractivity contribution in [2.24, 2.45) is 0 Å². The zero-order valence-corrected chi connectivity index (χ0v) is 16.1. The first kappa shape index (κ1) is 18.3. The molecule has 0 fully saturated rings. The molecule has 2 N–H and O–H groups in total. The summed E-state index contributed by atoms with van der Waals surface area (Å²) in [5.74, 6) is -0.113. The van der Waals surface area contributed by atoms with E-state index in [1.54, 1.807) is 6.07 Å². The minimum absolute atomic E-state index is 0.0231. The molecule has 0 spiro atoms. The molecule has 136 valence electrons. The lowest BCUT2D eigenvalue weighted by molar-refractivity contribution is 0.101. The normalized spacial score (nSPS) is 11.3. The highest BCUT2D eigenvalue weighted by Gasteiger charge is 2.16. The summed E-state index contributed by atoms with van der Waals surface area (Å²) < 4.78 is 2.08. The molecule has 0 saturated carbocycles. The number of carbonyl (C=O) groups is 1. The lowest BCUT2D eigenvalue weighted by atomic mass is 10.1. The van der Waals surface area contributed by atoms with E-state index in [-0.39, 0.29) is 23.9 Å². The van der Waals surface area contributed by atoms with Crippen LogP contribution in [0, 0.1) is 13.8 Å². The SMILES string of the molecule is Cc1cc(C)c(NCC(=O)c2cc(Cl)cc3c2ccn3C(C)C)c(=O)[nH]1. The van der Waals surface area contributed by atoms with Gasteiger partial charge in [-0.2, -0.15) is 0 Å². The molecule has 6 heteroatoms. The van der Waals surface area contributed by atoms with Gasteiger partial charge in [0.1, 0.15) is 5.69 Å². The Morgan fingerprint density at radius 1 is 1.27 bits per heavy atom. The molecule has 0 saturated heterocycles. The number of pyridine rings is 1. The number of Topliss-reactive ketones (excluding diaryl/α,β-unsaturated/α-hetero) is 1. The number of aromatic amines is 1. The molecular weight excluding hydrogens is 350 g/mol. The average molecular weight is 372 g/mol. The van der Waals surface area contributed by atoms with Crippen LogP contribution in [0.15, 0.2) is 35.3 Å². The Bertz CT molecular complexity index is 1050. The maximum atomic E-state index is 12.8. The zero-order valence-electron chi connectivity index (χ0n) is 15.3. The summed E-state index contributed by atoms with van der Waals surface area (Å²) in [7, 11) is 0. The lowest BCUT2D eigenvalue weighted by Gasteiger charge is -2.12. The van der Waals surface area contributed by atoms with Crippen LogP contribution in [0.5, 0.6) is 0 Å². The van der Waals surface area contributed by atoms with Gasteiger partial charge < -0.3 is 14.9 Å². The Hall–Kier alpha value is -2.53. The molecule has 0 aliphatic heterocycles. The average Bonchev–Trinajstić information content (AvgIpc) is 2.96. The molecule has 0 aliphatic carbocycles. The van der Waals surface area contributed by atoms with Crippen LogP contribution in [-0.2, 0) is 0 Å². The van der Waals surface area contributed by atoms with E-state index in [4.69, 9.17) is 11.6 Å². The van der Waals surface area contributed by atoms with E-state index in [9.17, 15) is 9.59 Å². The van der Waals surface area contributed by atoms with Crippen molar-refractivity contribution >= 4 is 34.0 Å². The number of carbonyl (C=O) groups excluding carboxylic acids is 1. The molecule has 2 heterocycles. The van der Waals surface area contributed by atoms with Crippen LogP contribution in [0.3, 0.4) is 0 Å². The minimum atomic E-state index is -0.225. The molecule has 2 aromatic heterocycles. The number of hydrogen-bond acceptors (Lipinski definition) is 3. The van der Waals surface area contributed by atoms with Crippen molar-refractivity contribution in [2.75, 3.05) is 11.9 Å². The molecular formula is C20H22ClN3O2. The number of nitrogens with one attached hydrogen (secondary N) is 2. The summed E-state index contributed by atoms with van der Waals surface area (Å²) >= 11 is 6.25. The number of aryl methyl sites for hydroxylation is 2. The summed E-state index contributed by atoms with van der Waals surface area (Å²) in [5.41, 5.74) is 3.28. The van der Waals surface area contributed by atoms with Gasteiger partial charge in [0.2, 0.25) is 0 Å². The van der Waals surface area contributed by atoms with Crippen molar-refractivity contribution in [2.45, 2.75) is 33.7 Å². The summed E-state index contributed by atoms with van der Waals surface area (Å²) in [5, 5.41) is 4.36. The second-order valence-electron chi connectivity index (χ2n) is 6.82. The van der Waals surface area contributed by atoms with Crippen LogP contribution in [0.4, 0.5) is 5.69 Å². The Morgan fingerprint density at radius 3 is 2.65 bits per heavy atom. The fraction of sp³-hybridized carbons (Fsp3) is 0.300. The molecule has 0 atom stereocenters. The number of hydrogen-bond donors (Lipinski definition) is 2. The lowest BCUT2D eigenvalue weighted by Crippen LogP contribution is -2.21. The molecule has 0 unspecified atom stereocenters. The Morgan fingerprint density at radius 2 is 2.00 bits per heavy atom. The predicted octanol–water partition coefficient (Wildman–Crippen LogP) is 4.48. The monoisotopic (exact) mass is 371 g/mol. The van der Waals surface area contributed by atoms with E-state index in [1.807, 2.05) is 38.2 Å². The maximum Gasteiger partial charge on any atom is 0.271 e. The van der Waals surface area contributed by atoms with Gasteiger partial charge in [0.25, 0.3) is 5.56 Å². The number of benzene rings is 1. The van der Waals surface area contributed by atoms with Gasteiger partial charge in [0.15, 0.2) is 5.78 Å². The first-order chi connectivity index (χ1) is 12.3. The largest absolute Gasteiger partial charge is 0.373 e. The van der Waals surface area contributed by atoms with E-state index >= 15 is 0 Å². The molecule has 5 nitrogen and oxygen atoms in total.